The Morgan fingerprint density at radius 1 is 0.552 bits per heavy atom. The molecule has 162 valence electrons. The molecule has 0 aromatic heterocycles. The van der Waals surface area contributed by atoms with E-state index >= 15 is 0 Å². The maximum atomic E-state index is 2.63. The van der Waals surface area contributed by atoms with E-state index in [9.17, 15) is 0 Å². The average Bonchev–Trinajstić information content (AvgIpc) is 2.76. The first-order valence-corrected chi connectivity index (χ1v) is 20.2. The molecule has 0 spiro atoms. The first-order chi connectivity index (χ1) is 14.2. The van der Waals surface area contributed by atoms with Crippen LogP contribution in [0.25, 0.3) is 10.8 Å². The minimum atomic E-state index is -2.31. The first kappa shape index (κ1) is 24.8. The van der Waals surface area contributed by atoms with Crippen molar-refractivity contribution < 1.29 is 0 Å². The number of fused-ring (bicyclic) bond motifs is 1. The van der Waals surface area contributed by atoms with Crippen LogP contribution in [-0.4, -0.2) is 18.4 Å². The van der Waals surface area contributed by atoms with E-state index in [1.54, 1.807) is 13.3 Å². The van der Waals surface area contributed by atoms with Gasteiger partial charge in [-0.3, -0.25) is 0 Å². The van der Waals surface area contributed by atoms with Gasteiger partial charge in [0.15, 0.2) is 0 Å². The van der Waals surface area contributed by atoms with E-state index in [1.165, 1.54) is 87.0 Å². The van der Waals surface area contributed by atoms with Crippen molar-refractivity contribution in [3.05, 3.63) is 42.0 Å². The molecule has 0 aliphatic heterocycles. The van der Waals surface area contributed by atoms with Gasteiger partial charge in [0.25, 0.3) is 0 Å². The Bertz CT molecular complexity index is 681. The topological polar surface area (TPSA) is 0 Å². The van der Waals surface area contributed by atoms with E-state index in [2.05, 4.69) is 64.1 Å². The molecule has 29 heavy (non-hydrogen) atoms. The van der Waals surface area contributed by atoms with Crippen LogP contribution >= 0.6 is 0 Å². The average molecular weight is 501 g/mol. The van der Waals surface area contributed by atoms with Crippen LogP contribution < -0.4 is 3.58 Å². The van der Waals surface area contributed by atoms with Crippen molar-refractivity contribution in [1.82, 2.24) is 0 Å². The second kappa shape index (κ2) is 13.7. The zero-order chi connectivity index (χ0) is 21.0. The Balaban J connectivity index is 2.28. The summed E-state index contributed by atoms with van der Waals surface area (Å²) >= 11 is -2.31. The Kier molecular flexibility index (Phi) is 11.7. The van der Waals surface area contributed by atoms with E-state index in [1.807, 2.05) is 3.58 Å². The molecule has 0 aliphatic carbocycles. The van der Waals surface area contributed by atoms with Gasteiger partial charge < -0.3 is 0 Å². The number of hydrogen-bond acceptors (Lipinski definition) is 0. The summed E-state index contributed by atoms with van der Waals surface area (Å²) in [5.41, 5.74) is 1.53. The van der Waals surface area contributed by atoms with Gasteiger partial charge in [-0.2, -0.15) is 0 Å². The van der Waals surface area contributed by atoms with Crippen molar-refractivity contribution >= 4 is 32.7 Å². The van der Waals surface area contributed by atoms with Gasteiger partial charge >= 0.3 is 186 Å². The molecule has 0 radical (unpaired) electrons. The van der Waals surface area contributed by atoms with E-state index in [0.717, 1.165) is 0 Å². The van der Waals surface area contributed by atoms with Crippen LogP contribution in [0, 0.1) is 0 Å². The van der Waals surface area contributed by atoms with Gasteiger partial charge in [0.05, 0.1) is 0 Å². The van der Waals surface area contributed by atoms with Crippen LogP contribution in [0.15, 0.2) is 36.4 Å². The summed E-state index contributed by atoms with van der Waals surface area (Å²) in [5.74, 6) is 0. The molecule has 0 N–H and O–H groups in total. The van der Waals surface area contributed by atoms with Crippen LogP contribution in [0.5, 0.6) is 0 Å². The number of benzene rings is 2. The third-order valence-corrected chi connectivity index (χ3v) is 22.5. The Morgan fingerprint density at radius 2 is 1.10 bits per heavy atom. The van der Waals surface area contributed by atoms with Crippen LogP contribution in [0.3, 0.4) is 0 Å². The Morgan fingerprint density at radius 3 is 1.69 bits per heavy atom. The summed E-state index contributed by atoms with van der Waals surface area (Å²) in [6.45, 7) is 9.41. The number of rotatable bonds is 15. The zero-order valence-electron chi connectivity index (χ0n) is 19.9. The third-order valence-electron chi connectivity index (χ3n) is 6.86. The Hall–Kier alpha value is -0.501. The predicted octanol–water partition coefficient (Wildman–Crippen LogP) is 9.02. The van der Waals surface area contributed by atoms with Crippen LogP contribution in [-0.2, 0) is 6.42 Å². The fraction of sp³-hybridized carbons (Fsp3) is 0.643. The molecule has 0 fully saturated rings. The van der Waals surface area contributed by atoms with Gasteiger partial charge in [0.2, 0.25) is 0 Å². The molecule has 0 amide bonds. The van der Waals surface area contributed by atoms with Gasteiger partial charge in [0.1, 0.15) is 0 Å². The molecule has 2 rings (SSSR count). The standard InChI is InChI=1S/C16H19.3C4H9.Sn/c1-2-3-4-5-8-14-11-12-15-9-6-7-10-16(15)13-14;3*1-3-4-2;/h7,9-13H,2-5,8H2,1H3;3*1,3-4H2,2H3;. The van der Waals surface area contributed by atoms with Gasteiger partial charge in [-0.05, 0) is 0 Å². The van der Waals surface area contributed by atoms with Gasteiger partial charge in [-0.15, -0.1) is 0 Å². The molecule has 1 heteroatoms. The van der Waals surface area contributed by atoms with Crippen molar-refractivity contribution in [2.45, 2.75) is 112 Å². The van der Waals surface area contributed by atoms with Crippen LogP contribution in [0.2, 0.25) is 13.3 Å². The van der Waals surface area contributed by atoms with Crippen molar-refractivity contribution in [3.63, 3.8) is 0 Å². The van der Waals surface area contributed by atoms with E-state index in [4.69, 9.17) is 0 Å². The first-order valence-electron chi connectivity index (χ1n) is 12.7. The summed E-state index contributed by atoms with van der Waals surface area (Å²) in [5, 5.41) is 2.95. The molecule has 0 heterocycles. The second-order valence-corrected chi connectivity index (χ2v) is 22.5. The molecule has 2 aromatic carbocycles. The number of aryl methyl sites for hydroxylation is 1. The molecule has 0 saturated heterocycles. The molecule has 0 saturated carbocycles. The predicted molar refractivity (Wildman–Crippen MR) is 136 cm³/mol. The fourth-order valence-electron chi connectivity index (χ4n) is 4.89. The fourth-order valence-corrected chi connectivity index (χ4v) is 20.9. The molecule has 0 bridgehead atoms. The normalized spacial score (nSPS) is 12.0. The summed E-state index contributed by atoms with van der Waals surface area (Å²) in [7, 11) is 0. The van der Waals surface area contributed by atoms with Crippen molar-refractivity contribution in [2.24, 2.45) is 0 Å². The van der Waals surface area contributed by atoms with E-state index in [-0.39, 0.29) is 0 Å². The zero-order valence-corrected chi connectivity index (χ0v) is 22.7. The van der Waals surface area contributed by atoms with Gasteiger partial charge in [0, 0.05) is 0 Å². The van der Waals surface area contributed by atoms with Crippen LogP contribution in [0.4, 0.5) is 0 Å². The summed E-state index contributed by atoms with van der Waals surface area (Å²) in [6.07, 6.45) is 15.0. The summed E-state index contributed by atoms with van der Waals surface area (Å²) in [6, 6.07) is 15.0. The summed E-state index contributed by atoms with van der Waals surface area (Å²) < 4.78 is 6.50. The monoisotopic (exact) mass is 502 g/mol. The number of hydrogen-bond donors (Lipinski definition) is 0. The van der Waals surface area contributed by atoms with Crippen LogP contribution in [0.1, 0.15) is 97.5 Å². The molecule has 0 unspecified atom stereocenters. The molecular weight excluding hydrogens is 455 g/mol. The Labute approximate surface area is 185 Å². The molecule has 0 aliphatic rings. The molecule has 2 aromatic rings. The molecule has 0 atom stereocenters. The SMILES string of the molecule is CCCCCCc1ccc2c[c]([Sn]([CH2]CCC)([CH2]CCC)[CH2]CCC)ccc2c1. The van der Waals surface area contributed by atoms with E-state index in [0.29, 0.717) is 0 Å². The van der Waals surface area contributed by atoms with Crippen molar-refractivity contribution in [2.75, 3.05) is 0 Å². The van der Waals surface area contributed by atoms with E-state index < -0.39 is 18.4 Å². The van der Waals surface area contributed by atoms with Gasteiger partial charge in [-0.1, -0.05) is 0 Å². The second-order valence-electron chi connectivity index (χ2n) is 9.30. The van der Waals surface area contributed by atoms with Crippen molar-refractivity contribution in [3.8, 4) is 0 Å². The third kappa shape index (κ3) is 7.60. The maximum absolute atomic E-state index is 2.63. The summed E-state index contributed by atoms with van der Waals surface area (Å²) in [4.78, 5) is 0. The quantitative estimate of drug-likeness (QED) is 0.169. The van der Waals surface area contributed by atoms with Gasteiger partial charge in [-0.25, -0.2) is 0 Å². The minimum absolute atomic E-state index is 1.24. The van der Waals surface area contributed by atoms with Crippen molar-refractivity contribution in [1.29, 1.82) is 0 Å². The number of unbranched alkanes of at least 4 members (excludes halogenated alkanes) is 6. The molecule has 0 nitrogen and oxygen atoms in total. The molecular formula is C28H46Sn.